The van der Waals surface area contributed by atoms with Crippen molar-refractivity contribution in [2.24, 2.45) is 0 Å². The summed E-state index contributed by atoms with van der Waals surface area (Å²) >= 11 is 0. The van der Waals surface area contributed by atoms with Crippen molar-refractivity contribution < 1.29 is 24.1 Å². The molecular weight excluding hydrogens is 364 g/mol. The van der Waals surface area contributed by atoms with Crippen LogP contribution in [0.1, 0.15) is 37.7 Å². The van der Waals surface area contributed by atoms with Crippen LogP contribution >= 0.6 is 0 Å². The molecule has 1 aromatic carbocycles. The van der Waals surface area contributed by atoms with Gasteiger partial charge in [0.25, 0.3) is 0 Å². The smallest absolute Gasteiger partial charge is 0.338 e. The summed E-state index contributed by atoms with van der Waals surface area (Å²) in [6.07, 6.45) is 0.803. The average molecular weight is 386 g/mol. The van der Waals surface area contributed by atoms with Crippen molar-refractivity contribution in [3.05, 3.63) is 40.9 Å². The van der Waals surface area contributed by atoms with Gasteiger partial charge < -0.3 is 24.6 Å². The Morgan fingerprint density at radius 1 is 1.36 bits per heavy atom. The molecule has 9 nitrogen and oxygen atoms in total. The maximum Gasteiger partial charge on any atom is 0.338 e. The first-order valence-electron chi connectivity index (χ1n) is 9.23. The number of rotatable bonds is 4. The van der Waals surface area contributed by atoms with E-state index < -0.39 is 12.0 Å². The number of nitrogens with zero attached hydrogens (tertiary/aromatic N) is 3. The minimum absolute atomic E-state index is 0.260. The zero-order valence-corrected chi connectivity index (χ0v) is 15.8. The topological polar surface area (TPSA) is 108 Å². The number of aromatic nitrogens is 3. The summed E-state index contributed by atoms with van der Waals surface area (Å²) in [7, 11) is 0. The van der Waals surface area contributed by atoms with E-state index in [-0.39, 0.29) is 19.0 Å². The normalized spacial score (nSPS) is 18.2. The van der Waals surface area contributed by atoms with Gasteiger partial charge in [-0.2, -0.15) is 10.1 Å². The predicted molar refractivity (Wildman–Crippen MR) is 99.1 cm³/mol. The van der Waals surface area contributed by atoms with Gasteiger partial charge in [0.2, 0.25) is 5.95 Å². The molecule has 1 unspecified atom stereocenters. The molecule has 2 N–H and O–H groups in total. The molecule has 1 aromatic heterocycles. The highest BCUT2D eigenvalue weighted by atomic mass is 16.5. The summed E-state index contributed by atoms with van der Waals surface area (Å²) in [5.74, 6) is 1.57. The number of carbonyl (C=O) groups is 1. The lowest BCUT2D eigenvalue weighted by atomic mass is 9.95. The molecule has 0 fully saturated rings. The molecule has 9 heteroatoms. The molecular formula is C19H22N4O5. The molecule has 0 bridgehead atoms. The first-order chi connectivity index (χ1) is 13.6. The maximum absolute atomic E-state index is 12.7. The molecule has 28 heavy (non-hydrogen) atoms. The molecule has 2 aliphatic heterocycles. The van der Waals surface area contributed by atoms with E-state index in [1.807, 2.05) is 18.2 Å². The van der Waals surface area contributed by atoms with Crippen molar-refractivity contribution in [1.29, 1.82) is 0 Å². The predicted octanol–water partition coefficient (Wildman–Crippen LogP) is 1.78. The van der Waals surface area contributed by atoms with Gasteiger partial charge in [0.1, 0.15) is 12.6 Å². The van der Waals surface area contributed by atoms with Gasteiger partial charge in [-0.15, -0.1) is 0 Å². The molecule has 0 amide bonds. The molecule has 4 rings (SSSR count). The van der Waals surface area contributed by atoms with Gasteiger partial charge in [-0.1, -0.05) is 6.07 Å². The van der Waals surface area contributed by atoms with Crippen molar-refractivity contribution in [1.82, 2.24) is 14.8 Å². The summed E-state index contributed by atoms with van der Waals surface area (Å²) in [6, 6.07) is 4.99. The number of benzene rings is 1. The number of nitrogens with one attached hydrogen (secondary N) is 1. The second-order valence-corrected chi connectivity index (χ2v) is 6.50. The number of hydrogen-bond donors (Lipinski definition) is 2. The lowest BCUT2D eigenvalue weighted by molar-refractivity contribution is -0.139. The lowest BCUT2D eigenvalue weighted by Crippen LogP contribution is -2.29. The van der Waals surface area contributed by atoms with Gasteiger partial charge in [0, 0.05) is 12.1 Å². The van der Waals surface area contributed by atoms with Crippen molar-refractivity contribution in [2.75, 3.05) is 25.1 Å². The zero-order chi connectivity index (χ0) is 19.7. The van der Waals surface area contributed by atoms with Gasteiger partial charge in [-0.25, -0.2) is 9.48 Å². The Morgan fingerprint density at radius 3 is 2.89 bits per heavy atom. The number of esters is 1. The number of anilines is 1. The number of aliphatic hydroxyl groups excluding tert-OH is 1. The van der Waals surface area contributed by atoms with E-state index in [2.05, 4.69) is 15.4 Å². The van der Waals surface area contributed by atoms with Crippen LogP contribution in [0.5, 0.6) is 11.5 Å². The third-order valence-electron chi connectivity index (χ3n) is 4.62. The Hall–Kier alpha value is -3.07. The van der Waals surface area contributed by atoms with Crippen LogP contribution in [0.3, 0.4) is 0 Å². The molecule has 2 aliphatic rings. The molecule has 1 atom stereocenters. The van der Waals surface area contributed by atoms with Gasteiger partial charge in [0.15, 0.2) is 17.3 Å². The number of allylic oxidation sites excluding steroid dienone is 1. The summed E-state index contributed by atoms with van der Waals surface area (Å²) in [5.41, 5.74) is 1.84. The van der Waals surface area contributed by atoms with E-state index in [0.29, 0.717) is 41.9 Å². The highest BCUT2D eigenvalue weighted by Crippen LogP contribution is 2.39. The maximum atomic E-state index is 12.7. The van der Waals surface area contributed by atoms with Crippen LogP contribution in [0.4, 0.5) is 5.95 Å². The molecule has 3 heterocycles. The van der Waals surface area contributed by atoms with Crippen LogP contribution in [-0.4, -0.2) is 45.7 Å². The standard InChI is InChI=1S/C19H22N4O5/c1-3-26-18(25)16-11(2)20-19-21-15(10-24)22-23(19)17(16)12-5-6-13-14(9-12)28-8-4-7-27-13/h5-6,9,17,24H,3-4,7-8,10H2,1-2H3,(H,20,21,22). The van der Waals surface area contributed by atoms with Gasteiger partial charge in [0.05, 0.1) is 25.4 Å². The van der Waals surface area contributed by atoms with Gasteiger partial charge in [-0.05, 0) is 31.5 Å². The molecule has 0 saturated heterocycles. The minimum atomic E-state index is -0.569. The van der Waals surface area contributed by atoms with E-state index in [4.69, 9.17) is 14.2 Å². The van der Waals surface area contributed by atoms with Crippen LogP contribution in [0.2, 0.25) is 0 Å². The fourth-order valence-electron chi connectivity index (χ4n) is 3.39. The van der Waals surface area contributed by atoms with Crippen molar-refractivity contribution in [3.63, 3.8) is 0 Å². The minimum Gasteiger partial charge on any atom is -0.490 e. The third-order valence-corrected chi connectivity index (χ3v) is 4.62. The lowest BCUT2D eigenvalue weighted by Gasteiger charge is -2.28. The monoisotopic (exact) mass is 386 g/mol. The van der Waals surface area contributed by atoms with Crippen LogP contribution in [-0.2, 0) is 16.1 Å². The van der Waals surface area contributed by atoms with Gasteiger partial charge in [-0.3, -0.25) is 0 Å². The molecule has 148 valence electrons. The average Bonchev–Trinajstić information content (AvgIpc) is 2.95. The molecule has 0 radical (unpaired) electrons. The molecule has 0 saturated carbocycles. The van der Waals surface area contributed by atoms with Crippen molar-refractivity contribution >= 4 is 11.9 Å². The first-order valence-corrected chi connectivity index (χ1v) is 9.23. The SMILES string of the molecule is CCOC(=O)C1=C(C)Nc2nc(CO)nn2C1c1ccc2c(c1)OCCCO2. The van der Waals surface area contributed by atoms with Crippen molar-refractivity contribution in [3.8, 4) is 11.5 Å². The highest BCUT2D eigenvalue weighted by molar-refractivity contribution is 5.92. The Balaban J connectivity index is 1.84. The van der Waals surface area contributed by atoms with E-state index in [1.165, 1.54) is 0 Å². The van der Waals surface area contributed by atoms with E-state index in [9.17, 15) is 9.90 Å². The molecule has 2 aromatic rings. The highest BCUT2D eigenvalue weighted by Gasteiger charge is 2.35. The Kier molecular flexibility index (Phi) is 4.91. The Morgan fingerprint density at radius 2 is 2.14 bits per heavy atom. The summed E-state index contributed by atoms with van der Waals surface area (Å²) < 4.78 is 18.4. The molecule has 0 aliphatic carbocycles. The number of hydrogen-bond acceptors (Lipinski definition) is 8. The van der Waals surface area contributed by atoms with Crippen LogP contribution < -0.4 is 14.8 Å². The first kappa shape index (κ1) is 18.3. The quantitative estimate of drug-likeness (QED) is 0.766. The summed E-state index contributed by atoms with van der Waals surface area (Å²) in [5, 5.41) is 16.9. The molecule has 0 spiro atoms. The number of carbonyl (C=O) groups excluding carboxylic acids is 1. The Labute approximate surface area is 161 Å². The second-order valence-electron chi connectivity index (χ2n) is 6.50. The largest absolute Gasteiger partial charge is 0.490 e. The van der Waals surface area contributed by atoms with E-state index >= 15 is 0 Å². The zero-order valence-electron chi connectivity index (χ0n) is 15.8. The number of fused-ring (bicyclic) bond motifs is 2. The fraction of sp³-hybridized carbons (Fsp3) is 0.421. The van der Waals surface area contributed by atoms with Crippen LogP contribution in [0.15, 0.2) is 29.5 Å². The van der Waals surface area contributed by atoms with Crippen LogP contribution in [0.25, 0.3) is 0 Å². The summed E-state index contributed by atoms with van der Waals surface area (Å²) in [6.45, 7) is 4.67. The van der Waals surface area contributed by atoms with Crippen molar-refractivity contribution in [2.45, 2.75) is 32.9 Å². The van der Waals surface area contributed by atoms with E-state index in [1.54, 1.807) is 18.5 Å². The second kappa shape index (κ2) is 7.51. The number of aliphatic hydroxyl groups is 1. The van der Waals surface area contributed by atoms with E-state index in [0.717, 1.165) is 12.0 Å². The van der Waals surface area contributed by atoms with Gasteiger partial charge >= 0.3 is 5.97 Å². The fourth-order valence-corrected chi connectivity index (χ4v) is 3.39. The third kappa shape index (κ3) is 3.18. The van der Waals surface area contributed by atoms with Crippen LogP contribution in [0, 0.1) is 0 Å². The Bertz CT molecular complexity index is 936. The summed E-state index contributed by atoms with van der Waals surface area (Å²) in [4.78, 5) is 17.0. The number of ether oxygens (including phenoxy) is 3.